The topological polar surface area (TPSA) is 93.7 Å². The highest BCUT2D eigenvalue weighted by atomic mass is 32.2. The number of carbonyl (C=O) groups excluding carboxylic acids is 1. The quantitative estimate of drug-likeness (QED) is 0.668. The van der Waals surface area contributed by atoms with Crippen molar-refractivity contribution in [2.24, 2.45) is 0 Å². The van der Waals surface area contributed by atoms with E-state index in [0.29, 0.717) is 5.75 Å². The Kier molecular flexibility index (Phi) is 7.42. The zero-order valence-electron chi connectivity index (χ0n) is 16.4. The van der Waals surface area contributed by atoms with E-state index in [2.05, 4.69) is 10.0 Å². The molecule has 0 spiro atoms. The Hall–Kier alpha value is -2.58. The SMILES string of the molecule is COc1ccc([C@H](C)NC(=O)COc2ccc(S(=O)(=O)NC(C)C)cc2)cc1. The Morgan fingerprint density at radius 1 is 0.964 bits per heavy atom. The van der Waals surface area contributed by atoms with Crippen LogP contribution in [0.25, 0.3) is 0 Å². The van der Waals surface area contributed by atoms with Gasteiger partial charge in [0.1, 0.15) is 11.5 Å². The molecule has 0 aliphatic rings. The number of hydrogen-bond donors (Lipinski definition) is 2. The van der Waals surface area contributed by atoms with Crippen molar-refractivity contribution in [1.82, 2.24) is 10.0 Å². The summed E-state index contributed by atoms with van der Waals surface area (Å²) in [6.07, 6.45) is 0. The van der Waals surface area contributed by atoms with E-state index in [1.165, 1.54) is 24.3 Å². The Morgan fingerprint density at radius 3 is 2.07 bits per heavy atom. The summed E-state index contributed by atoms with van der Waals surface area (Å²) in [6.45, 7) is 5.21. The van der Waals surface area contributed by atoms with E-state index in [9.17, 15) is 13.2 Å². The minimum Gasteiger partial charge on any atom is -0.497 e. The van der Waals surface area contributed by atoms with Crippen molar-refractivity contribution >= 4 is 15.9 Å². The average Bonchev–Trinajstić information content (AvgIpc) is 2.65. The molecule has 1 amide bonds. The predicted molar refractivity (Wildman–Crippen MR) is 107 cm³/mol. The van der Waals surface area contributed by atoms with Crippen molar-refractivity contribution in [1.29, 1.82) is 0 Å². The lowest BCUT2D eigenvalue weighted by molar-refractivity contribution is -0.123. The summed E-state index contributed by atoms with van der Waals surface area (Å²) in [4.78, 5) is 12.2. The first kappa shape index (κ1) is 21.7. The monoisotopic (exact) mass is 406 g/mol. The van der Waals surface area contributed by atoms with E-state index in [0.717, 1.165) is 11.3 Å². The van der Waals surface area contributed by atoms with Gasteiger partial charge in [0.05, 0.1) is 18.0 Å². The highest BCUT2D eigenvalue weighted by Crippen LogP contribution is 2.18. The lowest BCUT2D eigenvalue weighted by Crippen LogP contribution is -2.31. The van der Waals surface area contributed by atoms with Gasteiger partial charge < -0.3 is 14.8 Å². The second-order valence-electron chi connectivity index (χ2n) is 6.60. The lowest BCUT2D eigenvalue weighted by Gasteiger charge is -2.15. The summed E-state index contributed by atoms with van der Waals surface area (Å²) in [5.74, 6) is 0.886. The molecule has 0 bridgehead atoms. The Labute approximate surface area is 166 Å². The molecule has 1 atom stereocenters. The van der Waals surface area contributed by atoms with Crippen molar-refractivity contribution < 1.29 is 22.7 Å². The van der Waals surface area contributed by atoms with E-state index in [1.54, 1.807) is 21.0 Å². The molecule has 2 N–H and O–H groups in total. The maximum atomic E-state index is 12.1. The molecule has 0 aliphatic heterocycles. The van der Waals surface area contributed by atoms with E-state index < -0.39 is 10.0 Å². The molecular formula is C20H26N2O5S. The minimum atomic E-state index is -3.55. The summed E-state index contributed by atoms with van der Waals surface area (Å²) in [7, 11) is -1.96. The molecule has 0 heterocycles. The number of nitrogens with one attached hydrogen (secondary N) is 2. The summed E-state index contributed by atoms with van der Waals surface area (Å²) >= 11 is 0. The van der Waals surface area contributed by atoms with Crippen molar-refractivity contribution in [3.8, 4) is 11.5 Å². The standard InChI is InChI=1S/C20H26N2O5S/c1-14(2)22-28(24,25)19-11-9-18(10-12-19)27-13-20(23)21-15(3)16-5-7-17(26-4)8-6-16/h5-12,14-15,22H,13H2,1-4H3,(H,21,23)/t15-/m0/s1. The highest BCUT2D eigenvalue weighted by Gasteiger charge is 2.15. The maximum absolute atomic E-state index is 12.1. The molecular weight excluding hydrogens is 380 g/mol. The molecule has 2 aromatic carbocycles. The first-order valence-electron chi connectivity index (χ1n) is 8.90. The van der Waals surface area contributed by atoms with Gasteiger partial charge in [-0.05, 0) is 62.7 Å². The summed E-state index contributed by atoms with van der Waals surface area (Å²) in [6, 6.07) is 13.0. The van der Waals surface area contributed by atoms with Crippen LogP contribution < -0.4 is 19.5 Å². The number of carbonyl (C=O) groups is 1. The van der Waals surface area contributed by atoms with E-state index in [1.807, 2.05) is 31.2 Å². The largest absolute Gasteiger partial charge is 0.497 e. The zero-order valence-corrected chi connectivity index (χ0v) is 17.2. The predicted octanol–water partition coefficient (Wildman–Crippen LogP) is 2.64. The van der Waals surface area contributed by atoms with E-state index in [-0.39, 0.29) is 29.5 Å². The van der Waals surface area contributed by atoms with Gasteiger partial charge in [-0.25, -0.2) is 13.1 Å². The molecule has 0 aliphatic carbocycles. The van der Waals surface area contributed by atoms with Gasteiger partial charge in [0.25, 0.3) is 5.91 Å². The van der Waals surface area contributed by atoms with Gasteiger partial charge in [-0.3, -0.25) is 4.79 Å². The maximum Gasteiger partial charge on any atom is 0.258 e. The lowest BCUT2D eigenvalue weighted by atomic mass is 10.1. The molecule has 0 saturated heterocycles. The van der Waals surface area contributed by atoms with Gasteiger partial charge in [0.15, 0.2) is 6.61 Å². The van der Waals surface area contributed by atoms with Crippen LogP contribution in [0.3, 0.4) is 0 Å². The van der Waals surface area contributed by atoms with Crippen LogP contribution in [-0.4, -0.2) is 34.1 Å². The summed E-state index contributed by atoms with van der Waals surface area (Å²) in [5, 5.41) is 2.85. The highest BCUT2D eigenvalue weighted by molar-refractivity contribution is 7.89. The first-order chi connectivity index (χ1) is 13.2. The van der Waals surface area contributed by atoms with Gasteiger partial charge in [-0.15, -0.1) is 0 Å². The van der Waals surface area contributed by atoms with Gasteiger partial charge in [0, 0.05) is 6.04 Å². The Bertz CT molecular complexity index is 878. The third-order valence-electron chi connectivity index (χ3n) is 3.89. The molecule has 0 unspecified atom stereocenters. The zero-order chi connectivity index (χ0) is 20.7. The van der Waals surface area contributed by atoms with Crippen LogP contribution in [0.2, 0.25) is 0 Å². The van der Waals surface area contributed by atoms with Crippen LogP contribution in [0.5, 0.6) is 11.5 Å². The smallest absolute Gasteiger partial charge is 0.258 e. The molecule has 0 fully saturated rings. The number of methoxy groups -OCH3 is 1. The van der Waals surface area contributed by atoms with Crippen LogP contribution in [-0.2, 0) is 14.8 Å². The Balaban J connectivity index is 1.88. The number of benzene rings is 2. The summed E-state index contributed by atoms with van der Waals surface area (Å²) < 4.78 is 37.3. The van der Waals surface area contributed by atoms with Gasteiger partial charge in [0.2, 0.25) is 10.0 Å². The van der Waals surface area contributed by atoms with Crippen molar-refractivity contribution in [3.63, 3.8) is 0 Å². The molecule has 152 valence electrons. The molecule has 0 radical (unpaired) electrons. The molecule has 0 saturated carbocycles. The molecule has 2 rings (SSSR count). The number of rotatable bonds is 9. The van der Waals surface area contributed by atoms with Gasteiger partial charge in [-0.2, -0.15) is 0 Å². The first-order valence-corrected chi connectivity index (χ1v) is 10.4. The van der Waals surface area contributed by atoms with E-state index in [4.69, 9.17) is 9.47 Å². The molecule has 8 heteroatoms. The Morgan fingerprint density at radius 2 is 1.54 bits per heavy atom. The van der Waals surface area contributed by atoms with Crippen LogP contribution in [0.4, 0.5) is 0 Å². The second kappa shape index (κ2) is 9.57. The number of hydrogen-bond acceptors (Lipinski definition) is 5. The number of amides is 1. The number of ether oxygens (including phenoxy) is 2. The third kappa shape index (κ3) is 6.24. The normalized spacial score (nSPS) is 12.5. The molecule has 0 aromatic heterocycles. The molecule has 2 aromatic rings. The minimum absolute atomic E-state index is 0.145. The van der Waals surface area contributed by atoms with Crippen molar-refractivity contribution in [3.05, 3.63) is 54.1 Å². The van der Waals surface area contributed by atoms with Crippen LogP contribution >= 0.6 is 0 Å². The fourth-order valence-electron chi connectivity index (χ4n) is 2.50. The second-order valence-corrected chi connectivity index (χ2v) is 8.31. The average molecular weight is 407 g/mol. The third-order valence-corrected chi connectivity index (χ3v) is 5.56. The van der Waals surface area contributed by atoms with Crippen molar-refractivity contribution in [2.45, 2.75) is 37.8 Å². The number of sulfonamides is 1. The molecule has 7 nitrogen and oxygen atoms in total. The molecule has 28 heavy (non-hydrogen) atoms. The fourth-order valence-corrected chi connectivity index (χ4v) is 3.75. The van der Waals surface area contributed by atoms with Crippen LogP contribution in [0.15, 0.2) is 53.4 Å². The van der Waals surface area contributed by atoms with Gasteiger partial charge >= 0.3 is 0 Å². The van der Waals surface area contributed by atoms with E-state index >= 15 is 0 Å². The van der Waals surface area contributed by atoms with Gasteiger partial charge in [-0.1, -0.05) is 12.1 Å². The van der Waals surface area contributed by atoms with Crippen LogP contribution in [0, 0.1) is 0 Å². The fraction of sp³-hybridized carbons (Fsp3) is 0.350. The van der Waals surface area contributed by atoms with Crippen molar-refractivity contribution in [2.75, 3.05) is 13.7 Å². The van der Waals surface area contributed by atoms with Crippen LogP contribution in [0.1, 0.15) is 32.4 Å². The summed E-state index contributed by atoms with van der Waals surface area (Å²) in [5.41, 5.74) is 0.946.